The van der Waals surface area contributed by atoms with Crippen LogP contribution in [-0.4, -0.2) is 35.4 Å². The molecule has 0 aliphatic heterocycles. The average Bonchev–Trinajstić information content (AvgIpc) is 1.81. The van der Waals surface area contributed by atoms with Crippen LogP contribution >= 0.6 is 9.07 Å². The minimum Gasteiger partial charge on any atom is -0.338 e. The van der Waals surface area contributed by atoms with Crippen molar-refractivity contribution in [3.8, 4) is 0 Å². The lowest BCUT2D eigenvalue weighted by atomic mass is 10.3. The van der Waals surface area contributed by atoms with Gasteiger partial charge in [-0.25, -0.2) is 0 Å². The van der Waals surface area contributed by atoms with E-state index in [1.165, 1.54) is 0 Å². The van der Waals surface area contributed by atoms with Gasteiger partial charge < -0.3 is 9.07 Å². The molecule has 0 rings (SSSR count). The van der Waals surface area contributed by atoms with Crippen molar-refractivity contribution in [1.82, 2.24) is 0 Å². The van der Waals surface area contributed by atoms with Crippen molar-refractivity contribution in [3.05, 3.63) is 0 Å². The van der Waals surface area contributed by atoms with Crippen LogP contribution in [0.25, 0.3) is 0 Å². The molecule has 0 saturated carbocycles. The van der Waals surface area contributed by atoms with Crippen LogP contribution in [0, 0.1) is 0 Å². The summed E-state index contributed by atoms with van der Waals surface area (Å²) in [6.45, 7) is 0. The Morgan fingerprint density at radius 1 is 0.750 bits per heavy atom. The summed E-state index contributed by atoms with van der Waals surface area (Å²) in [5.74, 6) is 0. The first-order chi connectivity index (χ1) is 5.06. The molecule has 0 fully saturated rings. The monoisotopic (exact) mass is 228 g/mol. The molecule has 0 aromatic rings. The molecule has 0 radical (unpaired) electrons. The predicted octanol–water partition coefficient (Wildman–Crippen LogP) is 2.63. The number of hydrogen-bond donors (Lipinski definition) is 0. The average molecular weight is 229 g/mol. The molecule has 0 aromatic heterocycles. The zero-order valence-corrected chi connectivity index (χ0v) is 7.40. The van der Waals surface area contributed by atoms with Gasteiger partial charge in [-0.15, -0.1) is 0 Å². The Hall–Kier alpha value is 0.566. The van der Waals surface area contributed by atoms with Gasteiger partial charge >= 0.3 is 31.6 Å². The second-order valence-electron chi connectivity index (χ2n) is 1.93. The Morgan fingerprint density at radius 2 is 1.00 bits per heavy atom. The highest BCUT2D eigenvalue weighted by Crippen LogP contribution is 2.45. The van der Waals surface area contributed by atoms with Crippen LogP contribution in [0.1, 0.15) is 0 Å². The molecule has 0 bridgehead atoms. The lowest BCUT2D eigenvalue weighted by Crippen LogP contribution is -2.56. The van der Waals surface area contributed by atoms with E-state index in [1.54, 1.807) is 0 Å². The Bertz CT molecular complexity index is 145. The second-order valence-corrected chi connectivity index (χ2v) is 3.97. The van der Waals surface area contributed by atoms with Gasteiger partial charge in [0.1, 0.15) is 0 Å². The molecule has 0 aliphatic rings. The van der Waals surface area contributed by atoms with Crippen LogP contribution in [-0.2, 0) is 0 Å². The molecular formula is C3ClF7Mg. The van der Waals surface area contributed by atoms with Gasteiger partial charge in [-0.05, 0) is 0 Å². The quantitative estimate of drug-likeness (QED) is 0.478. The van der Waals surface area contributed by atoms with Gasteiger partial charge in [0.05, 0.1) is 0 Å². The number of halogens is 8. The second kappa shape index (κ2) is 3.37. The van der Waals surface area contributed by atoms with E-state index in [0.717, 1.165) is 0 Å². The van der Waals surface area contributed by atoms with Crippen LogP contribution in [0.15, 0.2) is 0 Å². The fraction of sp³-hybridized carbons (Fsp3) is 1.00. The largest absolute Gasteiger partial charge is 0.582 e. The zero-order chi connectivity index (χ0) is 10.2. The van der Waals surface area contributed by atoms with E-state index in [9.17, 15) is 30.7 Å². The number of rotatable bonds is 1. The van der Waals surface area contributed by atoms with Crippen LogP contribution < -0.4 is 0 Å². The summed E-state index contributed by atoms with van der Waals surface area (Å²) in [6, 6.07) is 0. The van der Waals surface area contributed by atoms with Crippen molar-refractivity contribution in [2.45, 2.75) is 16.2 Å². The third-order valence-electron chi connectivity index (χ3n) is 1.08. The molecule has 0 aliphatic carbocycles. The molecule has 12 heavy (non-hydrogen) atoms. The highest BCUT2D eigenvalue weighted by atomic mass is 35.5. The fourth-order valence-corrected chi connectivity index (χ4v) is 1.52. The topological polar surface area (TPSA) is 0 Å². The molecule has 70 valence electrons. The fourth-order valence-electron chi connectivity index (χ4n) is 0.312. The minimum absolute atomic E-state index is 3.42. The summed E-state index contributed by atoms with van der Waals surface area (Å²) >= 11 is -3.42. The first-order valence-electron chi connectivity index (χ1n) is 2.44. The molecule has 9 heteroatoms. The summed E-state index contributed by atoms with van der Waals surface area (Å²) < 4.78 is 75.8. The van der Waals surface area contributed by atoms with Crippen molar-refractivity contribution < 1.29 is 30.7 Å². The number of hydrogen-bond acceptors (Lipinski definition) is 0. The third-order valence-corrected chi connectivity index (χ3v) is 3.36. The Balaban J connectivity index is 4.95. The van der Waals surface area contributed by atoms with Crippen LogP contribution in [0.2, 0.25) is 0 Å². The van der Waals surface area contributed by atoms with E-state index >= 15 is 0 Å². The Morgan fingerprint density at radius 3 is 1.00 bits per heavy atom. The van der Waals surface area contributed by atoms with Crippen molar-refractivity contribution in [1.29, 1.82) is 0 Å². The zero-order valence-electron chi connectivity index (χ0n) is 5.23. The molecule has 0 atom stereocenters. The van der Waals surface area contributed by atoms with Gasteiger partial charge in [0.15, 0.2) is 0 Å². The highest BCUT2D eigenvalue weighted by molar-refractivity contribution is 6.95. The molecule has 0 spiro atoms. The molecule has 0 N–H and O–H groups in total. The van der Waals surface area contributed by atoms with Crippen LogP contribution in [0.3, 0.4) is 0 Å². The first-order valence-corrected chi connectivity index (χ1v) is 5.29. The van der Waals surface area contributed by atoms with E-state index < -0.39 is 35.4 Å². The van der Waals surface area contributed by atoms with Crippen molar-refractivity contribution in [3.63, 3.8) is 0 Å². The first kappa shape index (κ1) is 12.6. The van der Waals surface area contributed by atoms with Crippen molar-refractivity contribution in [2.75, 3.05) is 0 Å². The molecular weight excluding hydrogens is 229 g/mol. The molecule has 0 amide bonds. The molecule has 0 nitrogen and oxygen atoms in total. The van der Waals surface area contributed by atoms with Crippen molar-refractivity contribution >= 4 is 28.3 Å². The van der Waals surface area contributed by atoms with Gasteiger partial charge in [0.25, 0.3) is 0 Å². The van der Waals surface area contributed by atoms with E-state index in [1.807, 2.05) is 0 Å². The summed E-state index contributed by atoms with van der Waals surface area (Å²) in [5, 5.41) is 0. The Labute approximate surface area is 75.6 Å². The van der Waals surface area contributed by atoms with E-state index in [0.29, 0.717) is 0 Å². The summed E-state index contributed by atoms with van der Waals surface area (Å²) in [5.41, 5.74) is 0. The molecule has 0 unspecified atom stereocenters. The molecule has 0 saturated heterocycles. The van der Waals surface area contributed by atoms with Crippen LogP contribution in [0.5, 0.6) is 0 Å². The maximum atomic E-state index is 12.2. The van der Waals surface area contributed by atoms with Gasteiger partial charge in [-0.2, -0.15) is 26.3 Å². The minimum atomic E-state index is -5.97. The molecule has 0 heterocycles. The maximum Gasteiger partial charge on any atom is 0.582 e. The normalized spacial score (nSPS) is 14.3. The lowest BCUT2D eigenvalue weighted by Gasteiger charge is -2.28. The standard InChI is InChI=1S/C3F7.ClH.Mg/c4-1(2(5,6)7)3(8,9)10;;/h;1H;/q;;+1/p-1. The van der Waals surface area contributed by atoms with E-state index in [2.05, 4.69) is 9.07 Å². The van der Waals surface area contributed by atoms with E-state index in [-0.39, 0.29) is 0 Å². The van der Waals surface area contributed by atoms with Gasteiger partial charge in [-0.1, -0.05) is 0 Å². The smallest absolute Gasteiger partial charge is 0.338 e. The number of alkyl halides is 7. The highest BCUT2D eigenvalue weighted by Gasteiger charge is 2.71. The predicted molar refractivity (Wildman–Crippen MR) is 27.6 cm³/mol. The SMILES string of the molecule is FC(F)(F)[C](F)([Mg][Cl])C(F)(F)F. The van der Waals surface area contributed by atoms with Gasteiger partial charge in [0, 0.05) is 0 Å². The van der Waals surface area contributed by atoms with Gasteiger partial charge in [-0.3, -0.25) is 4.39 Å². The third kappa shape index (κ3) is 2.08. The summed E-state index contributed by atoms with van der Waals surface area (Å²) in [4.78, 5) is 0. The summed E-state index contributed by atoms with van der Waals surface area (Å²) in [7, 11) is 4.40. The molecule has 0 aromatic carbocycles. The van der Waals surface area contributed by atoms with Crippen molar-refractivity contribution in [2.24, 2.45) is 0 Å². The summed E-state index contributed by atoms with van der Waals surface area (Å²) in [6.07, 6.45) is -11.9. The van der Waals surface area contributed by atoms with Gasteiger partial charge in [0.2, 0.25) is 3.80 Å². The lowest BCUT2D eigenvalue weighted by molar-refractivity contribution is -0.307. The maximum absolute atomic E-state index is 12.2. The van der Waals surface area contributed by atoms with E-state index in [4.69, 9.17) is 0 Å². The van der Waals surface area contributed by atoms with Crippen LogP contribution in [0.4, 0.5) is 30.7 Å². The Kier molecular flexibility index (Phi) is 3.53.